The van der Waals surface area contributed by atoms with E-state index in [1.54, 1.807) is 14.2 Å². The van der Waals surface area contributed by atoms with Crippen molar-refractivity contribution >= 4 is 0 Å². The molecule has 0 radical (unpaired) electrons. The molecule has 4 heteroatoms. The number of likely N-dealkylation sites (tertiary alicyclic amines) is 1. The highest BCUT2D eigenvalue weighted by Gasteiger charge is 2.43. The molecule has 2 aliphatic heterocycles. The molecule has 4 nitrogen and oxygen atoms in total. The first kappa shape index (κ1) is 11.1. The number of methoxy groups -OCH3 is 2. The van der Waals surface area contributed by atoms with Crippen LogP contribution in [0.25, 0.3) is 0 Å². The van der Waals surface area contributed by atoms with E-state index in [0.717, 1.165) is 32.7 Å². The molecule has 0 aromatic heterocycles. The smallest absolute Gasteiger partial charge is 0.193 e. The van der Waals surface area contributed by atoms with Crippen molar-refractivity contribution in [2.45, 2.75) is 12.2 Å². The van der Waals surface area contributed by atoms with Crippen LogP contribution >= 0.6 is 0 Å². The monoisotopic (exact) mass is 212 g/mol. The van der Waals surface area contributed by atoms with E-state index in [-0.39, 0.29) is 5.79 Å². The fourth-order valence-electron chi connectivity index (χ4n) is 2.19. The van der Waals surface area contributed by atoms with Gasteiger partial charge in [0.2, 0.25) is 0 Å². The summed E-state index contributed by atoms with van der Waals surface area (Å²) in [6.45, 7) is 4.95. The molecule has 0 amide bonds. The summed E-state index contributed by atoms with van der Waals surface area (Å²) in [4.78, 5) is 2.37. The van der Waals surface area contributed by atoms with Gasteiger partial charge in [-0.2, -0.15) is 0 Å². The summed E-state index contributed by atoms with van der Waals surface area (Å²) in [5.41, 5.74) is 1.54. The third kappa shape index (κ3) is 2.39. The second kappa shape index (κ2) is 4.61. The molecular weight excluding hydrogens is 192 g/mol. The maximum atomic E-state index is 5.35. The Morgan fingerprint density at radius 3 is 2.67 bits per heavy atom. The van der Waals surface area contributed by atoms with Crippen LogP contribution in [0.15, 0.2) is 11.6 Å². The van der Waals surface area contributed by atoms with E-state index in [9.17, 15) is 0 Å². The van der Waals surface area contributed by atoms with Gasteiger partial charge in [0, 0.05) is 27.3 Å². The lowest BCUT2D eigenvalue weighted by atomic mass is 10.0. The van der Waals surface area contributed by atoms with E-state index >= 15 is 0 Å². The summed E-state index contributed by atoms with van der Waals surface area (Å²) in [5, 5.41) is 3.32. The Morgan fingerprint density at radius 1 is 1.40 bits per heavy atom. The molecule has 0 unspecified atom stereocenters. The molecule has 2 rings (SSSR count). The van der Waals surface area contributed by atoms with Gasteiger partial charge >= 0.3 is 0 Å². The van der Waals surface area contributed by atoms with Gasteiger partial charge in [0.1, 0.15) is 0 Å². The molecule has 0 atom stereocenters. The maximum Gasteiger partial charge on any atom is 0.193 e. The van der Waals surface area contributed by atoms with Gasteiger partial charge in [-0.3, -0.25) is 4.90 Å². The van der Waals surface area contributed by atoms with Crippen molar-refractivity contribution in [3.8, 4) is 0 Å². The molecule has 2 heterocycles. The van der Waals surface area contributed by atoms with Crippen LogP contribution in [-0.2, 0) is 9.47 Å². The minimum Gasteiger partial charge on any atom is -0.351 e. The summed E-state index contributed by atoms with van der Waals surface area (Å²) in [5.74, 6) is -0.340. The summed E-state index contributed by atoms with van der Waals surface area (Å²) in [6, 6.07) is 0. The molecule has 0 bridgehead atoms. The lowest BCUT2D eigenvalue weighted by Gasteiger charge is -2.48. The number of ether oxygens (including phenoxy) is 2. The lowest BCUT2D eigenvalue weighted by Crippen LogP contribution is -2.64. The van der Waals surface area contributed by atoms with E-state index in [2.05, 4.69) is 16.3 Å². The fourth-order valence-corrected chi connectivity index (χ4v) is 2.19. The van der Waals surface area contributed by atoms with Crippen molar-refractivity contribution in [1.29, 1.82) is 0 Å². The van der Waals surface area contributed by atoms with Gasteiger partial charge in [0.25, 0.3) is 0 Å². The second-order valence-corrected chi connectivity index (χ2v) is 4.28. The topological polar surface area (TPSA) is 33.7 Å². The fraction of sp³-hybridized carbons (Fsp3) is 0.818. The van der Waals surface area contributed by atoms with Crippen molar-refractivity contribution < 1.29 is 9.47 Å². The van der Waals surface area contributed by atoms with Crippen molar-refractivity contribution in [2.75, 3.05) is 46.9 Å². The van der Waals surface area contributed by atoms with Crippen LogP contribution < -0.4 is 5.32 Å². The normalized spacial score (nSPS) is 25.9. The van der Waals surface area contributed by atoms with Gasteiger partial charge in [0.15, 0.2) is 5.79 Å². The van der Waals surface area contributed by atoms with Crippen LogP contribution in [0.3, 0.4) is 0 Å². The van der Waals surface area contributed by atoms with Crippen molar-refractivity contribution in [3.05, 3.63) is 11.6 Å². The average molecular weight is 212 g/mol. The highest BCUT2D eigenvalue weighted by molar-refractivity contribution is 5.10. The Bertz CT molecular complexity index is 241. The van der Waals surface area contributed by atoms with Crippen LogP contribution in [0.1, 0.15) is 6.42 Å². The highest BCUT2D eigenvalue weighted by atomic mass is 16.7. The molecule has 0 saturated carbocycles. The lowest BCUT2D eigenvalue weighted by molar-refractivity contribution is -0.273. The zero-order valence-corrected chi connectivity index (χ0v) is 9.58. The van der Waals surface area contributed by atoms with Gasteiger partial charge in [-0.25, -0.2) is 0 Å². The molecule has 0 spiro atoms. The zero-order chi connectivity index (χ0) is 10.7. The number of hydrogen-bond acceptors (Lipinski definition) is 4. The molecule has 2 aliphatic rings. The molecule has 1 saturated heterocycles. The molecule has 1 N–H and O–H groups in total. The molecular formula is C11H20N2O2. The predicted octanol–water partition coefficient (Wildman–Crippen LogP) is 0.211. The van der Waals surface area contributed by atoms with E-state index in [1.807, 2.05) is 0 Å². The SMILES string of the molecule is COC1(OC)CN(CC2=CCNCC2)C1. The van der Waals surface area contributed by atoms with Gasteiger partial charge in [-0.15, -0.1) is 0 Å². The number of hydrogen-bond donors (Lipinski definition) is 1. The Balaban J connectivity index is 1.77. The van der Waals surface area contributed by atoms with Crippen molar-refractivity contribution in [3.63, 3.8) is 0 Å². The minimum absolute atomic E-state index is 0.340. The molecule has 0 aromatic carbocycles. The van der Waals surface area contributed by atoms with Crippen LogP contribution in [0, 0.1) is 0 Å². The Kier molecular flexibility index (Phi) is 3.41. The van der Waals surface area contributed by atoms with Crippen LogP contribution in [0.4, 0.5) is 0 Å². The van der Waals surface area contributed by atoms with Gasteiger partial charge in [0.05, 0.1) is 13.1 Å². The standard InChI is InChI=1S/C11H20N2O2/c1-14-11(15-2)8-13(9-11)7-10-3-5-12-6-4-10/h3,12H,4-9H2,1-2H3. The Morgan fingerprint density at radius 2 is 2.13 bits per heavy atom. The van der Waals surface area contributed by atoms with Crippen LogP contribution in [-0.4, -0.2) is 57.6 Å². The first-order chi connectivity index (χ1) is 7.28. The first-order valence-electron chi connectivity index (χ1n) is 5.49. The third-order valence-electron chi connectivity index (χ3n) is 3.26. The number of rotatable bonds is 4. The van der Waals surface area contributed by atoms with E-state index in [1.165, 1.54) is 12.0 Å². The quantitative estimate of drug-likeness (QED) is 0.533. The molecule has 86 valence electrons. The van der Waals surface area contributed by atoms with E-state index < -0.39 is 0 Å². The van der Waals surface area contributed by atoms with Gasteiger partial charge in [-0.1, -0.05) is 11.6 Å². The zero-order valence-electron chi connectivity index (χ0n) is 9.58. The van der Waals surface area contributed by atoms with Gasteiger partial charge in [-0.05, 0) is 13.0 Å². The highest BCUT2D eigenvalue weighted by Crippen LogP contribution is 2.26. The average Bonchev–Trinajstić information content (AvgIpc) is 2.24. The summed E-state index contributed by atoms with van der Waals surface area (Å²) in [6.07, 6.45) is 3.46. The van der Waals surface area contributed by atoms with Gasteiger partial charge < -0.3 is 14.8 Å². The molecule has 0 aliphatic carbocycles. The minimum atomic E-state index is -0.340. The van der Waals surface area contributed by atoms with Crippen molar-refractivity contribution in [1.82, 2.24) is 10.2 Å². The largest absolute Gasteiger partial charge is 0.351 e. The van der Waals surface area contributed by atoms with Crippen molar-refractivity contribution in [2.24, 2.45) is 0 Å². The molecule has 15 heavy (non-hydrogen) atoms. The second-order valence-electron chi connectivity index (χ2n) is 4.28. The van der Waals surface area contributed by atoms with Crippen LogP contribution in [0.2, 0.25) is 0 Å². The number of nitrogens with zero attached hydrogens (tertiary/aromatic N) is 1. The summed E-state index contributed by atoms with van der Waals surface area (Å²) < 4.78 is 10.7. The molecule has 0 aromatic rings. The van der Waals surface area contributed by atoms with E-state index in [4.69, 9.17) is 9.47 Å². The van der Waals surface area contributed by atoms with Crippen LogP contribution in [0.5, 0.6) is 0 Å². The predicted molar refractivity (Wildman–Crippen MR) is 58.8 cm³/mol. The number of nitrogens with one attached hydrogen (secondary N) is 1. The summed E-state index contributed by atoms with van der Waals surface area (Å²) >= 11 is 0. The maximum absolute atomic E-state index is 5.35. The Labute approximate surface area is 91.2 Å². The van der Waals surface area contributed by atoms with E-state index in [0.29, 0.717) is 0 Å². The third-order valence-corrected chi connectivity index (χ3v) is 3.26. The summed E-state index contributed by atoms with van der Waals surface area (Å²) in [7, 11) is 3.43. The Hall–Kier alpha value is -0.420. The first-order valence-corrected chi connectivity index (χ1v) is 5.49. The molecule has 1 fully saturated rings.